The molecule has 0 saturated heterocycles. The maximum atomic E-state index is 11.7. The number of imidazole rings is 1. The highest BCUT2D eigenvalue weighted by Crippen LogP contribution is 2.28. The lowest BCUT2D eigenvalue weighted by Crippen LogP contribution is -2.16. The normalized spacial score (nSPS) is 17.4. The van der Waals surface area contributed by atoms with Crippen LogP contribution in [-0.4, -0.2) is 22.0 Å². The van der Waals surface area contributed by atoms with Crippen LogP contribution in [0, 0.1) is 10.8 Å². The Balaban J connectivity index is 1.94. The number of carbonyl (C=O) groups is 1. The molecule has 0 bridgehead atoms. The minimum Gasteiger partial charge on any atom is -0.334 e. The highest BCUT2D eigenvalue weighted by Gasteiger charge is 2.22. The SMILES string of the molecule is NN=NCCCC(Cc1cn(C2CCCCC2)cn1)C(=O)N=O. The maximum absolute atomic E-state index is 11.7. The van der Waals surface area contributed by atoms with E-state index in [1.807, 2.05) is 12.5 Å². The summed E-state index contributed by atoms with van der Waals surface area (Å²) in [6.07, 6.45) is 11.6. The molecule has 1 atom stereocenters. The molecule has 8 nitrogen and oxygen atoms in total. The van der Waals surface area contributed by atoms with Crippen LogP contribution in [-0.2, 0) is 11.2 Å². The molecule has 8 heteroatoms. The zero-order valence-corrected chi connectivity index (χ0v) is 13.3. The van der Waals surface area contributed by atoms with Gasteiger partial charge in [0.1, 0.15) is 0 Å². The Kier molecular flexibility index (Phi) is 6.83. The molecule has 1 fully saturated rings. The van der Waals surface area contributed by atoms with Gasteiger partial charge in [-0.05, 0) is 25.7 Å². The van der Waals surface area contributed by atoms with E-state index in [1.54, 1.807) is 0 Å². The van der Waals surface area contributed by atoms with Crippen LogP contribution in [0.1, 0.15) is 56.7 Å². The van der Waals surface area contributed by atoms with E-state index in [0.29, 0.717) is 31.8 Å². The fourth-order valence-corrected chi connectivity index (χ4v) is 3.17. The van der Waals surface area contributed by atoms with Gasteiger partial charge in [-0.1, -0.05) is 24.5 Å². The first-order valence-corrected chi connectivity index (χ1v) is 8.21. The molecule has 1 aliphatic rings. The number of nitroso groups, excluding NO2 is 1. The first-order chi connectivity index (χ1) is 11.2. The molecule has 1 unspecified atom stereocenters. The zero-order valence-electron chi connectivity index (χ0n) is 13.3. The lowest BCUT2D eigenvalue weighted by atomic mass is 9.95. The van der Waals surface area contributed by atoms with Gasteiger partial charge >= 0.3 is 0 Å². The Bertz CT molecular complexity index is 536. The Morgan fingerprint density at radius 2 is 2.17 bits per heavy atom. The summed E-state index contributed by atoms with van der Waals surface area (Å²) < 4.78 is 2.15. The predicted octanol–water partition coefficient (Wildman–Crippen LogP) is 2.95. The van der Waals surface area contributed by atoms with Crippen molar-refractivity contribution in [2.45, 2.75) is 57.4 Å². The third kappa shape index (κ3) is 5.22. The molecule has 0 aliphatic heterocycles. The van der Waals surface area contributed by atoms with E-state index >= 15 is 0 Å². The summed E-state index contributed by atoms with van der Waals surface area (Å²) in [7, 11) is 0. The number of amides is 1. The van der Waals surface area contributed by atoms with Crippen LogP contribution in [0.15, 0.2) is 28.0 Å². The maximum Gasteiger partial charge on any atom is 0.289 e. The topological polar surface area (TPSA) is 115 Å². The van der Waals surface area contributed by atoms with Gasteiger partial charge < -0.3 is 10.4 Å². The van der Waals surface area contributed by atoms with Gasteiger partial charge in [0.05, 0.1) is 18.6 Å². The number of nitrogens with zero attached hydrogens (tertiary/aromatic N) is 5. The summed E-state index contributed by atoms with van der Waals surface area (Å²) in [5.74, 6) is 3.87. The van der Waals surface area contributed by atoms with Crippen LogP contribution in [0.5, 0.6) is 0 Å². The molecule has 2 rings (SSSR count). The Morgan fingerprint density at radius 3 is 2.87 bits per heavy atom. The number of hydrogen-bond acceptors (Lipinski definition) is 5. The molecule has 23 heavy (non-hydrogen) atoms. The summed E-state index contributed by atoms with van der Waals surface area (Å²) in [6, 6.07) is 0.508. The van der Waals surface area contributed by atoms with Crippen LogP contribution in [0.3, 0.4) is 0 Å². The van der Waals surface area contributed by atoms with Crippen LogP contribution < -0.4 is 5.84 Å². The summed E-state index contributed by atoms with van der Waals surface area (Å²) in [5, 5.41) is 9.42. The first kappa shape index (κ1) is 17.2. The minimum atomic E-state index is -0.623. The molecule has 2 N–H and O–H groups in total. The minimum absolute atomic E-state index is 0.435. The summed E-state index contributed by atoms with van der Waals surface area (Å²) >= 11 is 0. The Morgan fingerprint density at radius 1 is 1.39 bits per heavy atom. The zero-order chi connectivity index (χ0) is 16.5. The van der Waals surface area contributed by atoms with E-state index < -0.39 is 11.8 Å². The Hall–Kier alpha value is -2.12. The molecule has 0 spiro atoms. The van der Waals surface area contributed by atoms with Crippen molar-refractivity contribution in [3.8, 4) is 0 Å². The molecule has 1 aliphatic carbocycles. The predicted molar refractivity (Wildman–Crippen MR) is 85.5 cm³/mol. The van der Waals surface area contributed by atoms with Crippen molar-refractivity contribution < 1.29 is 4.79 Å². The second kappa shape index (κ2) is 9.12. The third-order valence-corrected chi connectivity index (χ3v) is 4.44. The first-order valence-electron chi connectivity index (χ1n) is 8.21. The lowest BCUT2D eigenvalue weighted by molar-refractivity contribution is -0.121. The largest absolute Gasteiger partial charge is 0.334 e. The second-order valence-corrected chi connectivity index (χ2v) is 6.06. The van der Waals surface area contributed by atoms with Crippen molar-refractivity contribution in [3.63, 3.8) is 0 Å². The molecule has 1 aromatic heterocycles. The van der Waals surface area contributed by atoms with Gasteiger partial charge in [0.25, 0.3) is 5.91 Å². The molecule has 0 aromatic carbocycles. The molecule has 1 amide bonds. The van der Waals surface area contributed by atoms with Crippen LogP contribution in [0.2, 0.25) is 0 Å². The van der Waals surface area contributed by atoms with Crippen LogP contribution in [0.25, 0.3) is 0 Å². The van der Waals surface area contributed by atoms with E-state index in [0.717, 1.165) is 5.69 Å². The molecule has 0 radical (unpaired) electrons. The smallest absolute Gasteiger partial charge is 0.289 e. The quantitative estimate of drug-likeness (QED) is 0.260. The highest BCUT2D eigenvalue weighted by molar-refractivity contribution is 5.79. The average Bonchev–Trinajstić information content (AvgIpc) is 3.06. The fourth-order valence-electron chi connectivity index (χ4n) is 3.17. The Labute approximate surface area is 135 Å². The molecule has 1 saturated carbocycles. The summed E-state index contributed by atoms with van der Waals surface area (Å²) in [4.78, 5) is 26.7. The number of aromatic nitrogens is 2. The van der Waals surface area contributed by atoms with Gasteiger partial charge in [-0.15, -0.1) is 4.91 Å². The average molecular weight is 320 g/mol. The van der Waals surface area contributed by atoms with Gasteiger partial charge in [-0.3, -0.25) is 4.79 Å². The highest BCUT2D eigenvalue weighted by atomic mass is 16.3. The van der Waals surface area contributed by atoms with E-state index in [2.05, 4.69) is 25.1 Å². The van der Waals surface area contributed by atoms with E-state index in [1.165, 1.54) is 32.1 Å². The summed E-state index contributed by atoms with van der Waals surface area (Å²) in [5.41, 5.74) is 0.832. The number of nitrogens with two attached hydrogens (primary N) is 1. The van der Waals surface area contributed by atoms with Gasteiger partial charge in [-0.2, -0.15) is 5.11 Å². The van der Waals surface area contributed by atoms with Crippen molar-refractivity contribution in [1.29, 1.82) is 0 Å². The van der Waals surface area contributed by atoms with Crippen molar-refractivity contribution >= 4 is 5.91 Å². The standard InChI is InChI=1S/C15H24N6O2/c16-20-18-8-4-5-12(15(22)19-23)9-13-10-21(11-17-13)14-6-2-1-3-7-14/h10-12,14H,1-9H2,(H2,16,18). The molecular formula is C15H24N6O2. The van der Waals surface area contributed by atoms with Gasteiger partial charge in [0, 0.05) is 29.8 Å². The third-order valence-electron chi connectivity index (χ3n) is 4.44. The lowest BCUT2D eigenvalue weighted by Gasteiger charge is -2.22. The van der Waals surface area contributed by atoms with Crippen molar-refractivity contribution in [3.05, 3.63) is 23.1 Å². The van der Waals surface area contributed by atoms with Gasteiger partial charge in [0.2, 0.25) is 0 Å². The molecular weight excluding hydrogens is 296 g/mol. The van der Waals surface area contributed by atoms with E-state index in [4.69, 9.17) is 5.84 Å². The van der Waals surface area contributed by atoms with E-state index in [9.17, 15) is 9.70 Å². The number of carbonyl (C=O) groups excluding carboxylic acids is 1. The molecule has 126 valence electrons. The summed E-state index contributed by atoms with van der Waals surface area (Å²) in [6.45, 7) is 0.440. The van der Waals surface area contributed by atoms with Crippen molar-refractivity contribution in [2.75, 3.05) is 6.54 Å². The van der Waals surface area contributed by atoms with Gasteiger partial charge in [0.15, 0.2) is 0 Å². The number of hydrogen-bond donors (Lipinski definition) is 1. The van der Waals surface area contributed by atoms with Crippen LogP contribution in [0.4, 0.5) is 0 Å². The van der Waals surface area contributed by atoms with Gasteiger partial charge in [-0.25, -0.2) is 4.98 Å². The second-order valence-electron chi connectivity index (χ2n) is 6.06. The fraction of sp³-hybridized carbons (Fsp3) is 0.733. The number of rotatable bonds is 8. The van der Waals surface area contributed by atoms with E-state index in [-0.39, 0.29) is 0 Å². The monoisotopic (exact) mass is 320 g/mol. The van der Waals surface area contributed by atoms with Crippen LogP contribution >= 0.6 is 0 Å². The van der Waals surface area contributed by atoms with Crippen molar-refractivity contribution in [1.82, 2.24) is 9.55 Å². The molecule has 1 heterocycles. The molecule has 1 aromatic rings. The van der Waals surface area contributed by atoms with Crippen molar-refractivity contribution in [2.24, 2.45) is 27.3 Å².